The normalized spacial score (nSPS) is 12.6. The number of halogens is 2. The molecule has 1 atom stereocenters. The molecule has 0 radical (unpaired) electrons. The summed E-state index contributed by atoms with van der Waals surface area (Å²) in [5.41, 5.74) is 7.55. The number of imidazole rings is 1. The van der Waals surface area contributed by atoms with Crippen LogP contribution in [0.2, 0.25) is 0 Å². The fourth-order valence-electron chi connectivity index (χ4n) is 1.87. The van der Waals surface area contributed by atoms with E-state index in [1.165, 1.54) is 12.1 Å². The van der Waals surface area contributed by atoms with Crippen LogP contribution in [-0.2, 0) is 4.74 Å². The largest absolute Gasteiger partial charge is 0.435 e. The molecule has 3 N–H and O–H groups in total. The van der Waals surface area contributed by atoms with Gasteiger partial charge in [0.1, 0.15) is 11.6 Å². The molecule has 2 rings (SSSR count). The van der Waals surface area contributed by atoms with E-state index in [2.05, 4.69) is 14.7 Å². The van der Waals surface area contributed by atoms with Crippen LogP contribution in [0.15, 0.2) is 30.5 Å². The number of alkyl halides is 2. The van der Waals surface area contributed by atoms with Gasteiger partial charge in [-0.15, -0.1) is 0 Å². The number of nitrogens with zero attached hydrogens (tertiary/aromatic N) is 1. The highest BCUT2D eigenvalue weighted by Crippen LogP contribution is 2.23. The molecule has 0 fully saturated rings. The first-order valence-corrected chi connectivity index (χ1v) is 6.45. The Morgan fingerprint density at radius 1 is 1.29 bits per heavy atom. The topological polar surface area (TPSA) is 73.2 Å². The molecule has 7 heteroatoms. The summed E-state index contributed by atoms with van der Waals surface area (Å²) in [4.78, 5) is 7.35. The van der Waals surface area contributed by atoms with Gasteiger partial charge in [-0.05, 0) is 36.2 Å². The zero-order valence-corrected chi connectivity index (χ0v) is 11.6. The molecule has 0 spiro atoms. The predicted molar refractivity (Wildman–Crippen MR) is 74.1 cm³/mol. The van der Waals surface area contributed by atoms with Gasteiger partial charge in [0.05, 0.1) is 17.9 Å². The first-order chi connectivity index (χ1) is 10.1. The van der Waals surface area contributed by atoms with Gasteiger partial charge in [-0.1, -0.05) is 0 Å². The zero-order valence-electron chi connectivity index (χ0n) is 11.6. The van der Waals surface area contributed by atoms with E-state index in [-0.39, 0.29) is 11.8 Å². The van der Waals surface area contributed by atoms with E-state index < -0.39 is 6.61 Å². The number of rotatable bonds is 7. The maximum atomic E-state index is 12.1. The monoisotopic (exact) mass is 297 g/mol. The highest BCUT2D eigenvalue weighted by atomic mass is 19.3. The van der Waals surface area contributed by atoms with Gasteiger partial charge in [0.25, 0.3) is 0 Å². The van der Waals surface area contributed by atoms with Crippen molar-refractivity contribution in [2.45, 2.75) is 19.1 Å². The predicted octanol–water partition coefficient (Wildman–Crippen LogP) is 2.71. The third-order valence-corrected chi connectivity index (χ3v) is 2.97. The van der Waals surface area contributed by atoms with Crippen LogP contribution >= 0.6 is 0 Å². The highest BCUT2D eigenvalue weighted by molar-refractivity contribution is 5.59. The summed E-state index contributed by atoms with van der Waals surface area (Å²) >= 11 is 0. The summed E-state index contributed by atoms with van der Waals surface area (Å²) in [5, 5.41) is 0. The smallest absolute Gasteiger partial charge is 0.387 e. The molecule has 5 nitrogen and oxygen atoms in total. The van der Waals surface area contributed by atoms with Crippen molar-refractivity contribution in [1.29, 1.82) is 0 Å². The average molecular weight is 297 g/mol. The molecule has 1 unspecified atom stereocenters. The quantitative estimate of drug-likeness (QED) is 0.824. The standard InChI is InChI=1S/C14H17F2N3O2/c1-20-7-6-11(17)13-18-8-12(19-13)9-2-4-10(5-3-9)21-14(15)16/h2-5,8,11,14H,6-7,17H2,1H3,(H,18,19). The number of benzene rings is 1. The van der Waals surface area contributed by atoms with Crippen LogP contribution in [0.5, 0.6) is 5.75 Å². The van der Waals surface area contributed by atoms with Crippen LogP contribution in [0.1, 0.15) is 18.3 Å². The van der Waals surface area contributed by atoms with Crippen LogP contribution < -0.4 is 10.5 Å². The molecule has 0 saturated carbocycles. The van der Waals surface area contributed by atoms with Crippen molar-refractivity contribution in [3.63, 3.8) is 0 Å². The van der Waals surface area contributed by atoms with Crippen molar-refractivity contribution in [3.05, 3.63) is 36.3 Å². The van der Waals surface area contributed by atoms with Crippen LogP contribution in [0.25, 0.3) is 11.3 Å². The first kappa shape index (κ1) is 15.4. The van der Waals surface area contributed by atoms with Gasteiger partial charge < -0.3 is 20.2 Å². The number of ether oxygens (including phenoxy) is 2. The third-order valence-electron chi connectivity index (χ3n) is 2.97. The van der Waals surface area contributed by atoms with E-state index in [1.54, 1.807) is 25.4 Å². The number of hydrogen-bond donors (Lipinski definition) is 2. The molecular weight excluding hydrogens is 280 g/mol. The molecule has 0 amide bonds. The summed E-state index contributed by atoms with van der Waals surface area (Å²) in [5.74, 6) is 0.778. The SMILES string of the molecule is COCCC(N)c1ncc(-c2ccc(OC(F)F)cc2)[nH]1. The van der Waals surface area contributed by atoms with Gasteiger partial charge in [-0.2, -0.15) is 8.78 Å². The van der Waals surface area contributed by atoms with Gasteiger partial charge in [0.2, 0.25) is 0 Å². The minimum atomic E-state index is -2.83. The molecule has 21 heavy (non-hydrogen) atoms. The van der Waals surface area contributed by atoms with Gasteiger partial charge in [-0.25, -0.2) is 4.98 Å². The molecular formula is C14H17F2N3O2. The van der Waals surface area contributed by atoms with Gasteiger partial charge in [-0.3, -0.25) is 0 Å². The second kappa shape index (κ2) is 7.14. The number of aromatic nitrogens is 2. The number of methoxy groups -OCH3 is 1. The third kappa shape index (κ3) is 4.24. The fraction of sp³-hybridized carbons (Fsp3) is 0.357. The molecule has 0 aliphatic heterocycles. The Bertz CT molecular complexity index is 558. The lowest BCUT2D eigenvalue weighted by Crippen LogP contribution is -2.14. The molecule has 0 bridgehead atoms. The summed E-state index contributed by atoms with van der Waals surface area (Å²) in [6.45, 7) is -2.27. The lowest BCUT2D eigenvalue weighted by molar-refractivity contribution is -0.0498. The number of hydrogen-bond acceptors (Lipinski definition) is 4. The van der Waals surface area contributed by atoms with Crippen molar-refractivity contribution in [2.75, 3.05) is 13.7 Å². The summed E-state index contributed by atoms with van der Waals surface area (Å²) in [6.07, 6.45) is 2.32. The maximum Gasteiger partial charge on any atom is 0.387 e. The van der Waals surface area contributed by atoms with Crippen molar-refractivity contribution in [2.24, 2.45) is 5.73 Å². The maximum absolute atomic E-state index is 12.1. The van der Waals surface area contributed by atoms with Crippen molar-refractivity contribution in [3.8, 4) is 17.0 Å². The molecule has 0 aliphatic carbocycles. The van der Waals surface area contributed by atoms with E-state index in [1.807, 2.05) is 0 Å². The van der Waals surface area contributed by atoms with Crippen LogP contribution in [0.3, 0.4) is 0 Å². The Labute approximate surface area is 121 Å². The summed E-state index contributed by atoms with van der Waals surface area (Å²) in [6, 6.07) is 6.07. The summed E-state index contributed by atoms with van der Waals surface area (Å²) < 4.78 is 33.4. The average Bonchev–Trinajstić information content (AvgIpc) is 2.95. The number of H-pyrrole nitrogens is 1. The highest BCUT2D eigenvalue weighted by Gasteiger charge is 2.11. The van der Waals surface area contributed by atoms with Crippen LogP contribution in [-0.4, -0.2) is 30.3 Å². The van der Waals surface area contributed by atoms with Crippen molar-refractivity contribution >= 4 is 0 Å². The Morgan fingerprint density at radius 3 is 2.62 bits per heavy atom. The van der Waals surface area contributed by atoms with Gasteiger partial charge in [0.15, 0.2) is 0 Å². The van der Waals surface area contributed by atoms with Crippen LogP contribution in [0, 0.1) is 0 Å². The molecule has 2 aromatic rings. The zero-order chi connectivity index (χ0) is 15.2. The Hall–Kier alpha value is -1.99. The Balaban J connectivity index is 2.06. The second-order valence-electron chi connectivity index (χ2n) is 4.47. The van der Waals surface area contributed by atoms with E-state index in [4.69, 9.17) is 10.5 Å². The minimum absolute atomic E-state index is 0.116. The Morgan fingerprint density at radius 2 is 2.00 bits per heavy atom. The molecule has 0 aliphatic rings. The van der Waals surface area contributed by atoms with Crippen LogP contribution in [0.4, 0.5) is 8.78 Å². The number of nitrogens with two attached hydrogens (primary N) is 1. The lowest BCUT2D eigenvalue weighted by Gasteiger charge is -2.07. The van der Waals surface area contributed by atoms with E-state index >= 15 is 0 Å². The minimum Gasteiger partial charge on any atom is -0.435 e. The summed E-state index contributed by atoms with van der Waals surface area (Å²) in [7, 11) is 1.61. The van der Waals surface area contributed by atoms with Crippen molar-refractivity contribution < 1.29 is 18.3 Å². The van der Waals surface area contributed by atoms with Gasteiger partial charge >= 0.3 is 6.61 Å². The lowest BCUT2D eigenvalue weighted by atomic mass is 10.1. The van der Waals surface area contributed by atoms with E-state index in [9.17, 15) is 8.78 Å². The van der Waals surface area contributed by atoms with Gasteiger partial charge in [0, 0.05) is 13.7 Å². The molecule has 1 heterocycles. The van der Waals surface area contributed by atoms with E-state index in [0.29, 0.717) is 18.9 Å². The molecule has 0 saturated heterocycles. The second-order valence-corrected chi connectivity index (χ2v) is 4.47. The number of nitrogens with one attached hydrogen (secondary N) is 1. The molecule has 114 valence electrons. The first-order valence-electron chi connectivity index (χ1n) is 6.45. The fourth-order valence-corrected chi connectivity index (χ4v) is 1.87. The molecule has 1 aromatic heterocycles. The van der Waals surface area contributed by atoms with Crippen molar-refractivity contribution in [1.82, 2.24) is 9.97 Å². The van der Waals surface area contributed by atoms with E-state index in [0.717, 1.165) is 11.3 Å². The molecule has 1 aromatic carbocycles. The number of aromatic amines is 1. The Kier molecular flexibility index (Phi) is 5.24.